The highest BCUT2D eigenvalue weighted by Gasteiger charge is 2.45. The molecule has 2 saturated heterocycles. The summed E-state index contributed by atoms with van der Waals surface area (Å²) in [6, 6.07) is 19.0. The summed E-state index contributed by atoms with van der Waals surface area (Å²) in [4.78, 5) is 71.9. The molecule has 4 heterocycles. The van der Waals surface area contributed by atoms with Crippen molar-refractivity contribution in [3.05, 3.63) is 93.0 Å². The maximum atomic E-state index is 13.3. The molecule has 1 aliphatic carbocycles. The van der Waals surface area contributed by atoms with Gasteiger partial charge in [-0.05, 0) is 111 Å². The van der Waals surface area contributed by atoms with E-state index in [-0.39, 0.29) is 30.7 Å². The fraction of sp³-hybridized carbons (Fsp3) is 0.415. The number of nitrogens with zero attached hydrogens (tertiary/aromatic N) is 5. The molecule has 3 aromatic rings. The Morgan fingerprint density at radius 3 is 2.11 bits per heavy atom. The van der Waals surface area contributed by atoms with E-state index in [1.807, 2.05) is 48.5 Å². The predicted octanol–water partition coefficient (Wildman–Crippen LogP) is 4.77. The first kappa shape index (κ1) is 35.8. The second kappa shape index (κ2) is 14.5. The van der Waals surface area contributed by atoms with Gasteiger partial charge in [-0.2, -0.15) is 5.26 Å². The van der Waals surface area contributed by atoms with Crippen molar-refractivity contribution < 1.29 is 24.0 Å². The third-order valence-electron chi connectivity index (χ3n) is 12.0. The summed E-state index contributed by atoms with van der Waals surface area (Å²) in [6.07, 6.45) is 5.85. The number of rotatable bonds is 7. The van der Waals surface area contributed by atoms with E-state index in [0.717, 1.165) is 79.0 Å². The number of amides is 5. The lowest BCUT2D eigenvalue weighted by atomic mass is 9.90. The lowest BCUT2D eigenvalue weighted by Crippen LogP contribution is -2.54. The number of piperidine rings is 2. The summed E-state index contributed by atoms with van der Waals surface area (Å²) in [5.41, 5.74) is 5.93. The van der Waals surface area contributed by atoms with Gasteiger partial charge in [0, 0.05) is 74.7 Å². The quantitative estimate of drug-likeness (QED) is 0.327. The minimum atomic E-state index is -0.965. The van der Waals surface area contributed by atoms with Crippen LogP contribution in [0.5, 0.6) is 0 Å². The predicted molar refractivity (Wildman–Crippen MR) is 202 cm³/mol. The van der Waals surface area contributed by atoms with Crippen LogP contribution in [0.15, 0.2) is 54.6 Å². The van der Waals surface area contributed by atoms with Crippen molar-refractivity contribution in [1.82, 2.24) is 20.4 Å². The molecule has 278 valence electrons. The second-order valence-corrected chi connectivity index (χ2v) is 15.6. The van der Waals surface area contributed by atoms with E-state index in [9.17, 15) is 29.2 Å². The van der Waals surface area contributed by atoms with Crippen molar-refractivity contribution in [2.24, 2.45) is 0 Å². The number of fused-ring (bicyclic) bond motifs is 2. The standard InChI is InChI=1S/C41H42ClN7O5/c1-46(32-9-4-25(21-43)35(42)20-32)29-10-5-28(6-11-29)44-38(51)24-2-7-30(8-3-24)47-16-14-31(15-17-47)48-22-26-18-33-34(19-27(26)23-48)41(54)49(40(33)53)36-12-13-37(50)45-39(36)52/h2-4,7-9,18-20,28-29,31,36H,5-6,10-17,22-23H2,1H3,(H,44,51)(H,45,50,52)/t28?,29?,36-/m1/s1. The van der Waals surface area contributed by atoms with Crippen molar-refractivity contribution in [2.75, 3.05) is 29.9 Å². The van der Waals surface area contributed by atoms with Gasteiger partial charge in [0.1, 0.15) is 12.1 Å². The summed E-state index contributed by atoms with van der Waals surface area (Å²) in [7, 11) is 2.05. The topological polar surface area (TPSA) is 146 Å². The molecule has 2 N–H and O–H groups in total. The van der Waals surface area contributed by atoms with Crippen molar-refractivity contribution in [3.8, 4) is 6.07 Å². The Morgan fingerprint density at radius 2 is 1.52 bits per heavy atom. The Kier molecular flexibility index (Phi) is 9.62. The first-order chi connectivity index (χ1) is 26.1. The largest absolute Gasteiger partial charge is 0.372 e. The van der Waals surface area contributed by atoms with Gasteiger partial charge >= 0.3 is 0 Å². The van der Waals surface area contributed by atoms with E-state index < -0.39 is 23.8 Å². The maximum absolute atomic E-state index is 13.3. The van der Waals surface area contributed by atoms with Crippen LogP contribution in [0.3, 0.4) is 0 Å². The molecular weight excluding hydrogens is 706 g/mol. The Hall–Kier alpha value is -5.25. The molecule has 1 atom stereocenters. The molecule has 5 aliphatic rings. The van der Waals surface area contributed by atoms with Gasteiger partial charge in [0.25, 0.3) is 17.7 Å². The Morgan fingerprint density at radius 1 is 0.870 bits per heavy atom. The van der Waals surface area contributed by atoms with Gasteiger partial charge < -0.3 is 15.1 Å². The molecule has 8 rings (SSSR count). The minimum Gasteiger partial charge on any atom is -0.372 e. The van der Waals surface area contributed by atoms with E-state index in [4.69, 9.17) is 11.6 Å². The number of hydrogen-bond acceptors (Lipinski definition) is 9. The van der Waals surface area contributed by atoms with Crippen LogP contribution in [0.25, 0.3) is 0 Å². The van der Waals surface area contributed by atoms with Crippen LogP contribution in [0.1, 0.15) is 99.1 Å². The van der Waals surface area contributed by atoms with E-state index >= 15 is 0 Å². The van der Waals surface area contributed by atoms with Crippen LogP contribution in [0.2, 0.25) is 5.02 Å². The molecule has 5 amide bonds. The average Bonchev–Trinajstić information content (AvgIpc) is 3.71. The monoisotopic (exact) mass is 747 g/mol. The molecule has 3 aromatic carbocycles. The van der Waals surface area contributed by atoms with Crippen LogP contribution in [-0.2, 0) is 22.7 Å². The van der Waals surface area contributed by atoms with Crippen LogP contribution in [0.4, 0.5) is 11.4 Å². The van der Waals surface area contributed by atoms with Crippen molar-refractivity contribution >= 4 is 52.5 Å². The zero-order chi connectivity index (χ0) is 37.7. The van der Waals surface area contributed by atoms with E-state index in [1.165, 1.54) is 0 Å². The highest BCUT2D eigenvalue weighted by molar-refractivity contribution is 6.32. The molecule has 0 unspecified atom stereocenters. The van der Waals surface area contributed by atoms with Gasteiger partial charge in [-0.15, -0.1) is 0 Å². The molecule has 0 radical (unpaired) electrons. The van der Waals surface area contributed by atoms with E-state index in [0.29, 0.717) is 52.4 Å². The van der Waals surface area contributed by atoms with Gasteiger partial charge in [-0.25, -0.2) is 0 Å². The van der Waals surface area contributed by atoms with E-state index in [1.54, 1.807) is 6.07 Å². The van der Waals surface area contributed by atoms with Crippen molar-refractivity contribution in [3.63, 3.8) is 0 Å². The maximum Gasteiger partial charge on any atom is 0.262 e. The van der Waals surface area contributed by atoms with Crippen LogP contribution < -0.4 is 20.4 Å². The third kappa shape index (κ3) is 6.71. The van der Waals surface area contributed by atoms with Crippen molar-refractivity contribution in [2.45, 2.75) is 88.6 Å². The average molecular weight is 748 g/mol. The molecule has 1 saturated carbocycles. The molecule has 0 aromatic heterocycles. The molecule has 4 aliphatic heterocycles. The van der Waals surface area contributed by atoms with Gasteiger partial charge in [0.15, 0.2) is 0 Å². The van der Waals surface area contributed by atoms with E-state index in [2.05, 4.69) is 38.5 Å². The molecule has 3 fully saturated rings. The number of halogens is 1. The zero-order valence-corrected chi connectivity index (χ0v) is 30.9. The Labute approximate surface area is 319 Å². The lowest BCUT2D eigenvalue weighted by molar-refractivity contribution is -0.136. The Bertz CT molecular complexity index is 2040. The van der Waals surface area contributed by atoms with Gasteiger partial charge in [-0.1, -0.05) is 11.6 Å². The molecular formula is C41H42ClN7O5. The number of carbonyl (C=O) groups excluding carboxylic acids is 5. The number of nitrogens with one attached hydrogen (secondary N) is 2. The minimum absolute atomic E-state index is 0.0532. The Balaban J connectivity index is 0.806. The molecule has 13 heteroatoms. The third-order valence-corrected chi connectivity index (χ3v) is 12.4. The number of imide groups is 2. The summed E-state index contributed by atoms with van der Waals surface area (Å²) in [5, 5.41) is 15.1. The number of anilines is 2. The van der Waals surface area contributed by atoms with Crippen LogP contribution in [0, 0.1) is 11.3 Å². The number of hydrogen-bond donors (Lipinski definition) is 2. The summed E-state index contributed by atoms with van der Waals surface area (Å²) in [6.45, 7) is 3.15. The first-order valence-electron chi connectivity index (χ1n) is 18.8. The second-order valence-electron chi connectivity index (χ2n) is 15.1. The summed E-state index contributed by atoms with van der Waals surface area (Å²) in [5.74, 6) is -1.99. The fourth-order valence-corrected chi connectivity index (χ4v) is 9.08. The van der Waals surface area contributed by atoms with Gasteiger partial charge in [0.05, 0.1) is 21.7 Å². The SMILES string of the molecule is CN(c1ccc(C#N)c(Cl)c1)C1CCC(NC(=O)c2ccc(N3CCC(N4Cc5cc6c(cc5C4)C(=O)N([C@@H]4CCC(=O)NC4=O)C6=O)CC3)cc2)CC1. The van der Waals surface area contributed by atoms with Crippen LogP contribution >= 0.6 is 11.6 Å². The smallest absolute Gasteiger partial charge is 0.262 e. The summed E-state index contributed by atoms with van der Waals surface area (Å²) < 4.78 is 0. The van der Waals surface area contributed by atoms with Gasteiger partial charge in [0.2, 0.25) is 11.8 Å². The molecule has 12 nitrogen and oxygen atoms in total. The number of benzene rings is 3. The van der Waals surface area contributed by atoms with Crippen LogP contribution in [-0.4, -0.2) is 83.6 Å². The highest BCUT2D eigenvalue weighted by Crippen LogP contribution is 2.36. The number of carbonyl (C=O) groups is 5. The fourth-order valence-electron chi connectivity index (χ4n) is 8.87. The normalized spacial score (nSPS) is 23.2. The van der Waals surface area contributed by atoms with Gasteiger partial charge in [-0.3, -0.25) is 39.1 Å². The zero-order valence-electron chi connectivity index (χ0n) is 30.1. The summed E-state index contributed by atoms with van der Waals surface area (Å²) >= 11 is 6.26. The molecule has 54 heavy (non-hydrogen) atoms. The van der Waals surface area contributed by atoms with Crippen molar-refractivity contribution in [1.29, 1.82) is 5.26 Å². The molecule has 0 spiro atoms. The lowest BCUT2D eigenvalue weighted by Gasteiger charge is -2.38. The first-order valence-corrected chi connectivity index (χ1v) is 19.2. The number of nitriles is 1. The highest BCUT2D eigenvalue weighted by atomic mass is 35.5. The molecule has 0 bridgehead atoms.